The minimum Gasteiger partial charge on any atom is -0.403 e. The average Bonchev–Trinajstić information content (AvgIpc) is 2.52. The van der Waals surface area contributed by atoms with Crippen molar-refractivity contribution in [1.82, 2.24) is 5.06 Å². The molecule has 0 unspecified atom stereocenters. The van der Waals surface area contributed by atoms with E-state index in [9.17, 15) is 26.0 Å². The number of hydrogen-bond acceptors (Lipinski definition) is 5. The lowest BCUT2D eigenvalue weighted by molar-refractivity contribution is -0.275. The van der Waals surface area contributed by atoms with Crippen LogP contribution < -0.4 is 4.74 Å². The van der Waals surface area contributed by atoms with E-state index in [1.807, 2.05) is 0 Å². The molecule has 0 aliphatic carbocycles. The SMILES string of the molecule is Cc1ccc(S(=O)(=O)ON2CCC2)cc1-c1ccc(OC(F)(F)F)c(F)c1. The lowest BCUT2D eigenvalue weighted by atomic mass is 10.0. The first-order valence-electron chi connectivity index (χ1n) is 7.91. The fourth-order valence-corrected chi connectivity index (χ4v) is 3.50. The number of ether oxygens (including phenoxy) is 1. The molecule has 1 heterocycles. The minimum atomic E-state index is -5.01. The largest absolute Gasteiger partial charge is 0.573 e. The summed E-state index contributed by atoms with van der Waals surface area (Å²) in [5.74, 6) is -2.18. The molecule has 2 aromatic carbocycles. The summed E-state index contributed by atoms with van der Waals surface area (Å²) >= 11 is 0. The van der Waals surface area contributed by atoms with Crippen LogP contribution in [0, 0.1) is 12.7 Å². The molecule has 0 aromatic heterocycles. The van der Waals surface area contributed by atoms with Gasteiger partial charge in [-0.2, -0.15) is 17.8 Å². The van der Waals surface area contributed by atoms with Gasteiger partial charge >= 0.3 is 16.5 Å². The van der Waals surface area contributed by atoms with Crippen molar-refractivity contribution >= 4 is 10.1 Å². The van der Waals surface area contributed by atoms with Crippen LogP contribution in [0.3, 0.4) is 0 Å². The normalized spacial score (nSPS) is 15.4. The van der Waals surface area contributed by atoms with Gasteiger partial charge in [0, 0.05) is 13.1 Å². The Labute approximate surface area is 153 Å². The lowest BCUT2D eigenvalue weighted by Gasteiger charge is -2.28. The van der Waals surface area contributed by atoms with E-state index < -0.39 is 28.0 Å². The first-order valence-corrected chi connectivity index (χ1v) is 9.32. The molecule has 5 nitrogen and oxygen atoms in total. The number of halogens is 4. The van der Waals surface area contributed by atoms with Crippen molar-refractivity contribution in [3.05, 3.63) is 47.8 Å². The van der Waals surface area contributed by atoms with Gasteiger partial charge < -0.3 is 4.74 Å². The predicted molar refractivity (Wildman–Crippen MR) is 87.7 cm³/mol. The van der Waals surface area contributed by atoms with Gasteiger partial charge in [0.15, 0.2) is 11.6 Å². The van der Waals surface area contributed by atoms with Gasteiger partial charge in [0.25, 0.3) is 0 Å². The van der Waals surface area contributed by atoms with Crippen LogP contribution in [0.4, 0.5) is 17.6 Å². The van der Waals surface area contributed by atoms with Crippen molar-refractivity contribution in [1.29, 1.82) is 0 Å². The maximum atomic E-state index is 14.0. The van der Waals surface area contributed by atoms with Crippen molar-refractivity contribution in [2.75, 3.05) is 13.1 Å². The molecule has 0 radical (unpaired) electrons. The van der Waals surface area contributed by atoms with Gasteiger partial charge in [-0.3, -0.25) is 0 Å². The molecule has 146 valence electrons. The molecule has 1 aliphatic rings. The van der Waals surface area contributed by atoms with E-state index in [0.29, 0.717) is 24.2 Å². The van der Waals surface area contributed by atoms with Crippen LogP contribution >= 0.6 is 0 Å². The first kappa shape index (κ1) is 19.6. The number of aryl methyl sites for hydroxylation is 1. The Morgan fingerprint density at radius 1 is 1.07 bits per heavy atom. The zero-order chi connectivity index (χ0) is 19.8. The summed E-state index contributed by atoms with van der Waals surface area (Å²) < 4.78 is 84.0. The van der Waals surface area contributed by atoms with E-state index >= 15 is 0 Å². The maximum Gasteiger partial charge on any atom is 0.573 e. The van der Waals surface area contributed by atoms with Crippen LogP contribution in [-0.2, 0) is 14.4 Å². The number of rotatable bonds is 5. The van der Waals surface area contributed by atoms with Crippen molar-refractivity contribution in [2.24, 2.45) is 0 Å². The van der Waals surface area contributed by atoms with E-state index in [1.54, 1.807) is 6.92 Å². The third-order valence-corrected chi connectivity index (χ3v) is 5.22. The second-order valence-corrected chi connectivity index (χ2v) is 7.51. The number of alkyl halides is 3. The highest BCUT2D eigenvalue weighted by Gasteiger charge is 2.32. The minimum absolute atomic E-state index is 0.133. The fourth-order valence-electron chi connectivity index (χ4n) is 2.49. The summed E-state index contributed by atoms with van der Waals surface area (Å²) in [6.45, 7) is 2.67. The van der Waals surface area contributed by atoms with E-state index in [-0.39, 0.29) is 10.5 Å². The third-order valence-electron chi connectivity index (χ3n) is 3.98. The molecule has 2 aromatic rings. The van der Waals surface area contributed by atoms with E-state index in [2.05, 4.69) is 4.74 Å². The summed E-state index contributed by atoms with van der Waals surface area (Å²) in [6.07, 6.45) is -4.18. The molecule has 1 saturated heterocycles. The first-order chi connectivity index (χ1) is 12.5. The smallest absolute Gasteiger partial charge is 0.403 e. The fraction of sp³-hybridized carbons (Fsp3) is 0.294. The molecule has 0 N–H and O–H groups in total. The summed E-state index contributed by atoms with van der Waals surface area (Å²) in [6, 6.07) is 7.08. The Morgan fingerprint density at radius 2 is 1.78 bits per heavy atom. The highest BCUT2D eigenvalue weighted by atomic mass is 32.2. The van der Waals surface area contributed by atoms with Crippen LogP contribution in [0.15, 0.2) is 41.3 Å². The highest BCUT2D eigenvalue weighted by molar-refractivity contribution is 7.86. The van der Waals surface area contributed by atoms with Gasteiger partial charge in [0.05, 0.1) is 4.90 Å². The molecule has 0 atom stereocenters. The van der Waals surface area contributed by atoms with Gasteiger partial charge in [-0.1, -0.05) is 12.1 Å². The Morgan fingerprint density at radius 3 is 2.33 bits per heavy atom. The molecule has 1 aliphatic heterocycles. The summed E-state index contributed by atoms with van der Waals surface area (Å²) in [5.41, 5.74) is 1.17. The van der Waals surface area contributed by atoms with Crippen LogP contribution in [0.25, 0.3) is 11.1 Å². The molecule has 0 saturated carbocycles. The molecular formula is C17H15F4NO4S. The van der Waals surface area contributed by atoms with Crippen LogP contribution in [0.1, 0.15) is 12.0 Å². The molecular weight excluding hydrogens is 390 g/mol. The lowest BCUT2D eigenvalue weighted by Crippen LogP contribution is -2.38. The molecule has 0 amide bonds. The monoisotopic (exact) mass is 405 g/mol. The highest BCUT2D eigenvalue weighted by Crippen LogP contribution is 2.32. The number of benzene rings is 2. The van der Waals surface area contributed by atoms with Crippen LogP contribution in [0.5, 0.6) is 5.75 Å². The summed E-state index contributed by atoms with van der Waals surface area (Å²) in [4.78, 5) is -0.133. The zero-order valence-corrected chi connectivity index (χ0v) is 14.9. The Kier molecular flexibility index (Phi) is 5.15. The van der Waals surface area contributed by atoms with E-state index in [1.165, 1.54) is 29.3 Å². The van der Waals surface area contributed by atoms with Crippen molar-refractivity contribution < 1.29 is 35.0 Å². The molecule has 0 spiro atoms. The Hall–Kier alpha value is -2.17. The quantitative estimate of drug-likeness (QED) is 0.704. The van der Waals surface area contributed by atoms with E-state index in [0.717, 1.165) is 18.6 Å². The molecule has 1 fully saturated rings. The average molecular weight is 405 g/mol. The van der Waals surface area contributed by atoms with Gasteiger partial charge in [-0.25, -0.2) is 4.39 Å². The molecule has 10 heteroatoms. The van der Waals surface area contributed by atoms with Crippen LogP contribution in [-0.4, -0.2) is 32.9 Å². The summed E-state index contributed by atoms with van der Waals surface area (Å²) in [7, 11) is -4.05. The van der Waals surface area contributed by atoms with Gasteiger partial charge in [0.1, 0.15) is 0 Å². The maximum absolute atomic E-state index is 14.0. The Balaban J connectivity index is 1.93. The Bertz CT molecular complexity index is 956. The molecule has 27 heavy (non-hydrogen) atoms. The number of hydrogen-bond donors (Lipinski definition) is 0. The topological polar surface area (TPSA) is 55.8 Å². The van der Waals surface area contributed by atoms with Crippen molar-refractivity contribution in [2.45, 2.75) is 24.6 Å². The number of nitrogens with zero attached hydrogens (tertiary/aromatic N) is 1. The standard InChI is InChI=1S/C17H15F4NO4S/c1-11-3-5-13(27(23,24)26-22-7-2-8-22)10-14(11)12-4-6-16(15(18)9-12)25-17(19,20)21/h3-6,9-10H,2,7-8H2,1H3. The summed E-state index contributed by atoms with van der Waals surface area (Å²) in [5, 5.41) is 1.30. The van der Waals surface area contributed by atoms with Crippen molar-refractivity contribution in [3.63, 3.8) is 0 Å². The van der Waals surface area contributed by atoms with Gasteiger partial charge in [-0.15, -0.1) is 13.2 Å². The second kappa shape index (κ2) is 7.10. The van der Waals surface area contributed by atoms with Crippen LogP contribution in [0.2, 0.25) is 0 Å². The zero-order valence-electron chi connectivity index (χ0n) is 14.1. The third kappa shape index (κ3) is 4.57. The van der Waals surface area contributed by atoms with Crippen molar-refractivity contribution in [3.8, 4) is 16.9 Å². The van der Waals surface area contributed by atoms with Gasteiger partial charge in [-0.05, 0) is 54.3 Å². The predicted octanol–water partition coefficient (Wildman–Crippen LogP) is 4.03. The second-order valence-electron chi connectivity index (χ2n) is 5.98. The van der Waals surface area contributed by atoms with Gasteiger partial charge in [0.2, 0.25) is 0 Å². The van der Waals surface area contributed by atoms with E-state index in [4.69, 9.17) is 4.28 Å². The molecule has 0 bridgehead atoms. The number of hydroxylamine groups is 2. The molecule has 3 rings (SSSR count).